The van der Waals surface area contributed by atoms with Gasteiger partial charge >= 0.3 is 0 Å². The Balaban J connectivity index is 1.72. The minimum absolute atomic E-state index is 0.0593. The van der Waals surface area contributed by atoms with Crippen molar-refractivity contribution in [2.45, 2.75) is 37.8 Å². The number of rotatable bonds is 5. The Hall–Kier alpha value is -1.39. The molecule has 3 N–H and O–H groups in total. The average molecular weight is 275 g/mol. The van der Waals surface area contributed by atoms with Crippen LogP contribution < -0.4 is 11.1 Å². The third kappa shape index (κ3) is 4.62. The van der Waals surface area contributed by atoms with Crippen LogP contribution in [0.2, 0.25) is 0 Å². The van der Waals surface area contributed by atoms with Crippen molar-refractivity contribution < 1.29 is 4.79 Å². The van der Waals surface area contributed by atoms with E-state index in [0.717, 1.165) is 31.5 Å². The van der Waals surface area contributed by atoms with Crippen LogP contribution in [0.3, 0.4) is 0 Å². The van der Waals surface area contributed by atoms with Gasteiger partial charge < -0.3 is 16.0 Å². The first-order valence-corrected chi connectivity index (χ1v) is 7.43. The van der Waals surface area contributed by atoms with E-state index in [0.29, 0.717) is 18.9 Å². The largest absolute Gasteiger partial charge is 0.352 e. The molecule has 1 saturated heterocycles. The summed E-state index contributed by atoms with van der Waals surface area (Å²) in [4.78, 5) is 14.2. The molecule has 2 rings (SSSR count). The molecule has 0 bridgehead atoms. The van der Waals surface area contributed by atoms with Crippen molar-refractivity contribution in [1.29, 1.82) is 0 Å². The summed E-state index contributed by atoms with van der Waals surface area (Å²) in [6, 6.07) is 10.2. The lowest BCUT2D eigenvalue weighted by atomic mass is 10.0. The van der Waals surface area contributed by atoms with E-state index in [2.05, 4.69) is 17.3 Å². The first-order valence-electron chi connectivity index (χ1n) is 7.43. The maximum atomic E-state index is 12.0. The zero-order valence-electron chi connectivity index (χ0n) is 12.2. The zero-order valence-corrected chi connectivity index (χ0v) is 12.2. The van der Waals surface area contributed by atoms with Gasteiger partial charge in [0.15, 0.2) is 0 Å². The molecule has 4 nitrogen and oxygen atoms in total. The summed E-state index contributed by atoms with van der Waals surface area (Å²) in [5.74, 6) is 0.122. The van der Waals surface area contributed by atoms with E-state index >= 15 is 0 Å². The number of nitrogens with two attached hydrogens (primary N) is 1. The summed E-state index contributed by atoms with van der Waals surface area (Å²) in [5, 5.41) is 3.12. The molecule has 1 heterocycles. The third-order valence-corrected chi connectivity index (χ3v) is 3.90. The molecule has 20 heavy (non-hydrogen) atoms. The molecular weight excluding hydrogens is 250 g/mol. The molecule has 2 atom stereocenters. The Kier molecular flexibility index (Phi) is 5.56. The summed E-state index contributed by atoms with van der Waals surface area (Å²) in [7, 11) is 2.10. The third-order valence-electron chi connectivity index (χ3n) is 3.90. The molecular formula is C16H25N3O. The van der Waals surface area contributed by atoms with E-state index < -0.39 is 0 Å². The maximum Gasteiger partial charge on any atom is 0.220 e. The van der Waals surface area contributed by atoms with Crippen LogP contribution >= 0.6 is 0 Å². The van der Waals surface area contributed by atoms with Crippen LogP contribution in [0.15, 0.2) is 30.3 Å². The van der Waals surface area contributed by atoms with Crippen LogP contribution in [0.4, 0.5) is 0 Å². The number of amides is 1. The van der Waals surface area contributed by atoms with E-state index in [9.17, 15) is 4.79 Å². The summed E-state index contributed by atoms with van der Waals surface area (Å²) in [6.07, 6.45) is 3.43. The van der Waals surface area contributed by atoms with Crippen LogP contribution in [0.5, 0.6) is 0 Å². The van der Waals surface area contributed by atoms with E-state index in [1.807, 2.05) is 30.3 Å². The molecule has 0 aromatic heterocycles. The second-order valence-corrected chi connectivity index (χ2v) is 5.72. The molecule has 0 aliphatic carbocycles. The molecule has 2 unspecified atom stereocenters. The van der Waals surface area contributed by atoms with Crippen molar-refractivity contribution in [3.63, 3.8) is 0 Å². The van der Waals surface area contributed by atoms with Crippen LogP contribution in [0.1, 0.15) is 37.3 Å². The van der Waals surface area contributed by atoms with Crippen molar-refractivity contribution >= 4 is 5.91 Å². The molecule has 1 aromatic rings. The second-order valence-electron chi connectivity index (χ2n) is 5.72. The Labute approximate surface area is 121 Å². The van der Waals surface area contributed by atoms with E-state index in [1.165, 1.54) is 0 Å². The van der Waals surface area contributed by atoms with E-state index in [-0.39, 0.29) is 11.9 Å². The highest BCUT2D eigenvalue weighted by Crippen LogP contribution is 2.15. The fourth-order valence-electron chi connectivity index (χ4n) is 2.74. The lowest BCUT2D eigenvalue weighted by molar-refractivity contribution is -0.122. The van der Waals surface area contributed by atoms with Crippen LogP contribution in [-0.4, -0.2) is 37.0 Å². The van der Waals surface area contributed by atoms with E-state index in [4.69, 9.17) is 5.73 Å². The summed E-state index contributed by atoms with van der Waals surface area (Å²) in [5.41, 5.74) is 7.21. The lowest BCUT2D eigenvalue weighted by Crippen LogP contribution is -2.46. The first-order chi connectivity index (χ1) is 9.65. The fourth-order valence-corrected chi connectivity index (χ4v) is 2.74. The van der Waals surface area contributed by atoms with Crippen molar-refractivity contribution in [3.8, 4) is 0 Å². The Morgan fingerprint density at radius 3 is 2.90 bits per heavy atom. The molecule has 1 aliphatic heterocycles. The van der Waals surface area contributed by atoms with Gasteiger partial charge in [-0.2, -0.15) is 0 Å². The zero-order chi connectivity index (χ0) is 14.4. The summed E-state index contributed by atoms with van der Waals surface area (Å²) >= 11 is 0. The molecule has 0 saturated carbocycles. The van der Waals surface area contributed by atoms with Gasteiger partial charge in [-0.3, -0.25) is 4.79 Å². The molecule has 110 valence electrons. The average Bonchev–Trinajstić information content (AvgIpc) is 2.46. The van der Waals surface area contributed by atoms with Gasteiger partial charge in [-0.05, 0) is 38.4 Å². The predicted molar refractivity (Wildman–Crippen MR) is 81.3 cm³/mol. The number of hydrogen-bond donors (Lipinski definition) is 2. The highest BCUT2D eigenvalue weighted by atomic mass is 16.1. The number of carbonyl (C=O) groups is 1. The number of likely N-dealkylation sites (tertiary alicyclic amines) is 1. The number of nitrogens with zero attached hydrogens (tertiary/aromatic N) is 1. The van der Waals surface area contributed by atoms with Crippen LogP contribution in [-0.2, 0) is 4.79 Å². The lowest BCUT2D eigenvalue weighted by Gasteiger charge is -2.30. The highest BCUT2D eigenvalue weighted by Gasteiger charge is 2.19. The number of hydrogen-bond acceptors (Lipinski definition) is 3. The minimum atomic E-state index is -0.0593. The molecule has 0 radical (unpaired) electrons. The van der Waals surface area contributed by atoms with Crippen molar-refractivity contribution in [2.24, 2.45) is 5.73 Å². The molecule has 0 spiro atoms. The topological polar surface area (TPSA) is 58.4 Å². The Morgan fingerprint density at radius 1 is 1.45 bits per heavy atom. The fraction of sp³-hybridized carbons (Fsp3) is 0.562. The monoisotopic (exact) mass is 275 g/mol. The quantitative estimate of drug-likeness (QED) is 0.859. The van der Waals surface area contributed by atoms with Gasteiger partial charge in [-0.25, -0.2) is 0 Å². The Bertz CT molecular complexity index is 421. The normalized spacial score (nSPS) is 21.4. The van der Waals surface area contributed by atoms with Crippen LogP contribution in [0, 0.1) is 0 Å². The van der Waals surface area contributed by atoms with Gasteiger partial charge in [0.1, 0.15) is 0 Å². The van der Waals surface area contributed by atoms with Gasteiger partial charge in [0, 0.05) is 25.0 Å². The maximum absolute atomic E-state index is 12.0. The molecule has 1 amide bonds. The van der Waals surface area contributed by atoms with Gasteiger partial charge in [-0.15, -0.1) is 0 Å². The predicted octanol–water partition coefficient (Wildman–Crippen LogP) is 1.68. The van der Waals surface area contributed by atoms with Gasteiger partial charge in [-0.1, -0.05) is 30.3 Å². The molecule has 4 heteroatoms. The number of nitrogens with one attached hydrogen (secondary N) is 1. The summed E-state index contributed by atoms with van der Waals surface area (Å²) < 4.78 is 0. The summed E-state index contributed by atoms with van der Waals surface area (Å²) in [6.45, 7) is 2.09. The van der Waals surface area contributed by atoms with Gasteiger partial charge in [0.05, 0.1) is 0 Å². The smallest absolute Gasteiger partial charge is 0.220 e. The molecule has 1 fully saturated rings. The number of carbonyl (C=O) groups excluding carboxylic acids is 1. The van der Waals surface area contributed by atoms with Gasteiger partial charge in [0.25, 0.3) is 0 Å². The van der Waals surface area contributed by atoms with Crippen molar-refractivity contribution in [2.75, 3.05) is 20.1 Å². The second kappa shape index (κ2) is 7.41. The van der Waals surface area contributed by atoms with Crippen molar-refractivity contribution in [3.05, 3.63) is 35.9 Å². The standard InChI is InChI=1S/C16H25N3O/c1-19-11-5-8-14(12-19)18-16(20)10-9-15(17)13-6-3-2-4-7-13/h2-4,6-7,14-15H,5,8-12,17H2,1H3,(H,18,20). The number of benzene rings is 1. The Morgan fingerprint density at radius 2 is 2.20 bits per heavy atom. The van der Waals surface area contributed by atoms with E-state index in [1.54, 1.807) is 0 Å². The highest BCUT2D eigenvalue weighted by molar-refractivity contribution is 5.76. The number of likely N-dealkylation sites (N-methyl/N-ethyl adjacent to an activating group) is 1. The molecule has 1 aliphatic rings. The SMILES string of the molecule is CN1CCCC(NC(=O)CCC(N)c2ccccc2)C1. The van der Waals surface area contributed by atoms with Crippen molar-refractivity contribution in [1.82, 2.24) is 10.2 Å². The minimum Gasteiger partial charge on any atom is -0.352 e. The number of piperidine rings is 1. The molecule has 1 aromatic carbocycles. The van der Waals surface area contributed by atoms with Crippen LogP contribution in [0.25, 0.3) is 0 Å². The first kappa shape index (κ1) is 15.0. The van der Waals surface area contributed by atoms with Gasteiger partial charge in [0.2, 0.25) is 5.91 Å².